The summed E-state index contributed by atoms with van der Waals surface area (Å²) in [5.41, 5.74) is 1.53. The van der Waals surface area contributed by atoms with E-state index in [0.29, 0.717) is 12.2 Å². The zero-order valence-corrected chi connectivity index (χ0v) is 12.4. The van der Waals surface area contributed by atoms with E-state index in [1.807, 2.05) is 6.07 Å². The summed E-state index contributed by atoms with van der Waals surface area (Å²) >= 11 is 0. The maximum Gasteiger partial charge on any atom is 0.269 e. The molecule has 0 bridgehead atoms. The zero-order chi connectivity index (χ0) is 14.3. The third-order valence-electron chi connectivity index (χ3n) is 3.26. The summed E-state index contributed by atoms with van der Waals surface area (Å²) in [4.78, 5) is 16.2. The number of hydrogen-bond acceptors (Lipinski definition) is 3. The minimum Gasteiger partial charge on any atom is -0.385 e. The van der Waals surface area contributed by atoms with Crippen molar-refractivity contribution in [2.45, 2.75) is 40.5 Å². The van der Waals surface area contributed by atoms with Gasteiger partial charge in [0.1, 0.15) is 5.69 Å². The molecule has 1 amide bonds. The van der Waals surface area contributed by atoms with E-state index < -0.39 is 0 Å². The number of anilines is 1. The van der Waals surface area contributed by atoms with Gasteiger partial charge in [-0.3, -0.25) is 9.78 Å². The molecular weight excluding hydrogens is 238 g/mol. The number of hydrogen-bond donors (Lipinski definition) is 2. The van der Waals surface area contributed by atoms with Gasteiger partial charge >= 0.3 is 0 Å². The maximum absolute atomic E-state index is 12.0. The summed E-state index contributed by atoms with van der Waals surface area (Å²) in [6.07, 6.45) is 3.74. The summed E-state index contributed by atoms with van der Waals surface area (Å²) < 4.78 is 0. The van der Waals surface area contributed by atoms with Gasteiger partial charge in [-0.2, -0.15) is 0 Å². The molecule has 0 aliphatic rings. The summed E-state index contributed by atoms with van der Waals surface area (Å²) in [7, 11) is 0. The number of nitrogens with zero attached hydrogens (tertiary/aromatic N) is 1. The first-order valence-electron chi connectivity index (χ1n) is 6.96. The zero-order valence-electron chi connectivity index (χ0n) is 12.4. The number of rotatable bonds is 7. The molecule has 4 heteroatoms. The fourth-order valence-corrected chi connectivity index (χ4v) is 1.47. The fourth-order valence-electron chi connectivity index (χ4n) is 1.47. The van der Waals surface area contributed by atoms with Crippen molar-refractivity contribution >= 4 is 11.6 Å². The van der Waals surface area contributed by atoms with E-state index in [4.69, 9.17) is 0 Å². The van der Waals surface area contributed by atoms with E-state index in [0.717, 1.165) is 25.1 Å². The standard InChI is InChI=1S/C15H25N3O/c1-5-8-16-12-7-9-17-13(10-12)14(19)18-11-15(3,4)6-2/h7,9-10H,5-6,8,11H2,1-4H3,(H,16,17)(H,18,19). The highest BCUT2D eigenvalue weighted by molar-refractivity contribution is 5.93. The van der Waals surface area contributed by atoms with Crippen LogP contribution < -0.4 is 10.6 Å². The lowest BCUT2D eigenvalue weighted by Crippen LogP contribution is -2.34. The van der Waals surface area contributed by atoms with Crippen LogP contribution in [0.25, 0.3) is 0 Å². The van der Waals surface area contributed by atoms with Crippen molar-refractivity contribution in [3.63, 3.8) is 0 Å². The minimum absolute atomic E-state index is 0.110. The summed E-state index contributed by atoms with van der Waals surface area (Å²) in [5, 5.41) is 6.20. The van der Waals surface area contributed by atoms with E-state index in [1.54, 1.807) is 12.3 Å². The Morgan fingerprint density at radius 3 is 2.74 bits per heavy atom. The van der Waals surface area contributed by atoms with E-state index in [-0.39, 0.29) is 11.3 Å². The number of nitrogens with one attached hydrogen (secondary N) is 2. The van der Waals surface area contributed by atoms with Gasteiger partial charge in [-0.1, -0.05) is 27.7 Å². The van der Waals surface area contributed by atoms with Crippen LogP contribution >= 0.6 is 0 Å². The number of carbonyl (C=O) groups is 1. The number of carbonyl (C=O) groups excluding carboxylic acids is 1. The molecular formula is C15H25N3O. The first-order valence-corrected chi connectivity index (χ1v) is 6.96. The number of pyridine rings is 1. The van der Waals surface area contributed by atoms with Crippen LogP contribution in [0.1, 0.15) is 51.0 Å². The van der Waals surface area contributed by atoms with Crippen molar-refractivity contribution in [2.24, 2.45) is 5.41 Å². The lowest BCUT2D eigenvalue weighted by Gasteiger charge is -2.22. The second-order valence-electron chi connectivity index (χ2n) is 5.56. The molecule has 106 valence electrons. The van der Waals surface area contributed by atoms with E-state index in [1.165, 1.54) is 0 Å². The Balaban J connectivity index is 2.61. The molecule has 0 unspecified atom stereocenters. The van der Waals surface area contributed by atoms with Gasteiger partial charge in [0.15, 0.2) is 0 Å². The van der Waals surface area contributed by atoms with Crippen LogP contribution in [0.5, 0.6) is 0 Å². The second-order valence-corrected chi connectivity index (χ2v) is 5.56. The Hall–Kier alpha value is -1.58. The van der Waals surface area contributed by atoms with Gasteiger partial charge in [-0.15, -0.1) is 0 Å². The van der Waals surface area contributed by atoms with E-state index >= 15 is 0 Å². The molecule has 0 spiro atoms. The molecule has 0 radical (unpaired) electrons. The Labute approximate surface area is 116 Å². The van der Waals surface area contributed by atoms with E-state index in [2.05, 4.69) is 43.3 Å². The lowest BCUT2D eigenvalue weighted by atomic mass is 9.90. The van der Waals surface area contributed by atoms with Crippen molar-refractivity contribution in [2.75, 3.05) is 18.4 Å². The Bertz CT molecular complexity index is 416. The largest absolute Gasteiger partial charge is 0.385 e. The lowest BCUT2D eigenvalue weighted by molar-refractivity contribution is 0.0931. The van der Waals surface area contributed by atoms with Crippen LogP contribution in [-0.2, 0) is 0 Å². The van der Waals surface area contributed by atoms with Crippen molar-refractivity contribution in [3.8, 4) is 0 Å². The smallest absolute Gasteiger partial charge is 0.269 e. The average molecular weight is 263 g/mol. The molecule has 1 aromatic rings. The highest BCUT2D eigenvalue weighted by Gasteiger charge is 2.17. The van der Waals surface area contributed by atoms with Gasteiger partial charge in [0.05, 0.1) is 0 Å². The molecule has 0 fully saturated rings. The van der Waals surface area contributed by atoms with Crippen molar-refractivity contribution in [1.82, 2.24) is 10.3 Å². The second kappa shape index (κ2) is 7.12. The van der Waals surface area contributed by atoms with Crippen LogP contribution in [0.2, 0.25) is 0 Å². The van der Waals surface area contributed by atoms with Crippen molar-refractivity contribution in [1.29, 1.82) is 0 Å². The molecule has 2 N–H and O–H groups in total. The summed E-state index contributed by atoms with van der Waals surface area (Å²) in [5.74, 6) is -0.110. The fraction of sp³-hybridized carbons (Fsp3) is 0.600. The Morgan fingerprint density at radius 1 is 1.37 bits per heavy atom. The van der Waals surface area contributed by atoms with E-state index in [9.17, 15) is 4.79 Å². The Morgan fingerprint density at radius 2 is 2.11 bits per heavy atom. The summed E-state index contributed by atoms with van der Waals surface area (Å²) in [6, 6.07) is 3.67. The normalized spacial score (nSPS) is 11.2. The monoisotopic (exact) mass is 263 g/mol. The van der Waals surface area contributed by atoms with Gasteiger partial charge in [0, 0.05) is 25.0 Å². The molecule has 0 saturated carbocycles. The molecule has 19 heavy (non-hydrogen) atoms. The molecule has 0 saturated heterocycles. The average Bonchev–Trinajstić information content (AvgIpc) is 2.43. The predicted octanol–water partition coefficient (Wildman–Crippen LogP) is 3.07. The van der Waals surface area contributed by atoms with Crippen LogP contribution in [0.15, 0.2) is 18.3 Å². The first kappa shape index (κ1) is 15.5. The minimum atomic E-state index is -0.110. The number of amides is 1. The topological polar surface area (TPSA) is 54.0 Å². The maximum atomic E-state index is 12.0. The van der Waals surface area contributed by atoms with Gasteiger partial charge in [-0.25, -0.2) is 0 Å². The molecule has 0 atom stereocenters. The highest BCUT2D eigenvalue weighted by atomic mass is 16.1. The molecule has 1 rings (SSSR count). The van der Waals surface area contributed by atoms with Gasteiger partial charge in [0.2, 0.25) is 0 Å². The summed E-state index contributed by atoms with van der Waals surface area (Å²) in [6.45, 7) is 10.1. The van der Waals surface area contributed by atoms with Crippen molar-refractivity contribution in [3.05, 3.63) is 24.0 Å². The van der Waals surface area contributed by atoms with Gasteiger partial charge < -0.3 is 10.6 Å². The van der Waals surface area contributed by atoms with Gasteiger partial charge in [0.25, 0.3) is 5.91 Å². The first-order chi connectivity index (χ1) is 8.98. The molecule has 0 aliphatic carbocycles. The van der Waals surface area contributed by atoms with Crippen LogP contribution in [-0.4, -0.2) is 24.0 Å². The van der Waals surface area contributed by atoms with Crippen LogP contribution in [0, 0.1) is 5.41 Å². The van der Waals surface area contributed by atoms with Crippen molar-refractivity contribution < 1.29 is 4.79 Å². The molecule has 0 aliphatic heterocycles. The Kier molecular flexibility index (Phi) is 5.80. The van der Waals surface area contributed by atoms with Gasteiger partial charge in [-0.05, 0) is 30.4 Å². The van der Waals surface area contributed by atoms with Crippen LogP contribution in [0.3, 0.4) is 0 Å². The molecule has 1 heterocycles. The third kappa shape index (κ3) is 5.28. The predicted molar refractivity (Wildman–Crippen MR) is 79.4 cm³/mol. The molecule has 0 aromatic carbocycles. The quantitative estimate of drug-likeness (QED) is 0.795. The van der Waals surface area contributed by atoms with Crippen LogP contribution in [0.4, 0.5) is 5.69 Å². The highest BCUT2D eigenvalue weighted by Crippen LogP contribution is 2.18. The number of aromatic nitrogens is 1. The SMILES string of the molecule is CCCNc1ccnc(C(=O)NCC(C)(C)CC)c1. The third-order valence-corrected chi connectivity index (χ3v) is 3.26. The molecule has 4 nitrogen and oxygen atoms in total. The molecule has 1 aromatic heterocycles.